The van der Waals surface area contributed by atoms with Crippen molar-refractivity contribution in [3.05, 3.63) is 54.2 Å². The number of hydrogen-bond donors (Lipinski definition) is 2. The molecule has 0 bridgehead atoms. The minimum absolute atomic E-state index is 0.516. The van der Waals surface area contributed by atoms with Gasteiger partial charge in [-0.15, -0.1) is 0 Å². The number of rotatable bonds is 7. The first-order valence-corrected chi connectivity index (χ1v) is 9.19. The molecule has 8 nitrogen and oxygen atoms in total. The number of anilines is 3. The maximum Gasteiger partial charge on any atom is 0.224 e. The number of aromatic nitrogens is 2. The summed E-state index contributed by atoms with van der Waals surface area (Å²) in [6.07, 6.45) is 1.70. The molecule has 4 rings (SSSR count). The molecule has 0 amide bonds. The Labute approximate surface area is 168 Å². The molecule has 0 spiro atoms. The lowest BCUT2D eigenvalue weighted by Crippen LogP contribution is -2.15. The molecule has 0 saturated carbocycles. The van der Waals surface area contributed by atoms with E-state index < -0.39 is 0 Å². The highest BCUT2D eigenvalue weighted by Crippen LogP contribution is 2.33. The van der Waals surface area contributed by atoms with E-state index in [1.807, 2.05) is 36.4 Å². The van der Waals surface area contributed by atoms with Gasteiger partial charge in [0.05, 0.1) is 14.2 Å². The normalized spacial score (nSPS) is 12.2. The highest BCUT2D eigenvalue weighted by molar-refractivity contribution is 5.62. The Balaban J connectivity index is 1.42. The van der Waals surface area contributed by atoms with Crippen LogP contribution in [0.3, 0.4) is 0 Å². The number of ether oxygens (including phenoxy) is 4. The second-order valence-electron chi connectivity index (χ2n) is 6.29. The fourth-order valence-corrected chi connectivity index (χ4v) is 2.95. The Morgan fingerprint density at radius 1 is 0.931 bits per heavy atom. The smallest absolute Gasteiger partial charge is 0.224 e. The predicted octanol–water partition coefficient (Wildman–Crippen LogP) is 3.62. The molecule has 0 unspecified atom stereocenters. The second-order valence-corrected chi connectivity index (χ2v) is 6.29. The summed E-state index contributed by atoms with van der Waals surface area (Å²) in [5.41, 5.74) is 1.88. The summed E-state index contributed by atoms with van der Waals surface area (Å²) in [6.45, 7) is 1.67. The molecule has 3 aromatic rings. The van der Waals surface area contributed by atoms with Gasteiger partial charge in [-0.25, -0.2) is 4.98 Å². The molecule has 1 aliphatic rings. The molecule has 0 fully saturated rings. The van der Waals surface area contributed by atoms with Gasteiger partial charge in [0.2, 0.25) is 5.95 Å². The summed E-state index contributed by atoms with van der Waals surface area (Å²) in [6, 6.07) is 13.3. The highest BCUT2D eigenvalue weighted by Gasteiger charge is 2.12. The molecule has 0 atom stereocenters. The van der Waals surface area contributed by atoms with Crippen molar-refractivity contribution in [1.29, 1.82) is 0 Å². The molecule has 1 aromatic heterocycles. The SMILES string of the molecule is COc1ccc(CNc2nccc(Nc3ccc4c(c3)OCCO4)n2)cc1OC. The van der Waals surface area contributed by atoms with Crippen LogP contribution in [0.5, 0.6) is 23.0 Å². The van der Waals surface area contributed by atoms with Gasteiger partial charge in [-0.2, -0.15) is 4.98 Å². The van der Waals surface area contributed by atoms with Crippen molar-refractivity contribution >= 4 is 17.5 Å². The molecule has 8 heteroatoms. The van der Waals surface area contributed by atoms with Gasteiger partial charge in [-0.3, -0.25) is 0 Å². The average Bonchev–Trinajstić information content (AvgIpc) is 2.77. The van der Waals surface area contributed by atoms with Crippen LogP contribution in [0, 0.1) is 0 Å². The van der Waals surface area contributed by atoms with E-state index in [4.69, 9.17) is 18.9 Å². The van der Waals surface area contributed by atoms with E-state index in [2.05, 4.69) is 20.6 Å². The number of fused-ring (bicyclic) bond motifs is 1. The maximum absolute atomic E-state index is 5.62. The van der Waals surface area contributed by atoms with Crippen LogP contribution >= 0.6 is 0 Å². The van der Waals surface area contributed by atoms with Crippen LogP contribution in [0.1, 0.15) is 5.56 Å². The Bertz CT molecular complexity index is 996. The van der Waals surface area contributed by atoms with Gasteiger partial charge in [0.25, 0.3) is 0 Å². The van der Waals surface area contributed by atoms with E-state index >= 15 is 0 Å². The van der Waals surface area contributed by atoms with E-state index in [1.54, 1.807) is 26.5 Å². The molecule has 0 aliphatic carbocycles. The first-order valence-electron chi connectivity index (χ1n) is 9.19. The molecular formula is C21H22N4O4. The molecule has 150 valence electrons. The Morgan fingerprint density at radius 2 is 1.76 bits per heavy atom. The van der Waals surface area contributed by atoms with Crippen molar-refractivity contribution in [2.24, 2.45) is 0 Å². The molecule has 2 aromatic carbocycles. The summed E-state index contributed by atoms with van der Waals surface area (Å²) >= 11 is 0. The first kappa shape index (κ1) is 18.7. The number of methoxy groups -OCH3 is 2. The lowest BCUT2D eigenvalue weighted by Gasteiger charge is -2.19. The third-order valence-corrected chi connectivity index (χ3v) is 4.37. The van der Waals surface area contributed by atoms with Crippen LogP contribution in [0.2, 0.25) is 0 Å². The van der Waals surface area contributed by atoms with Gasteiger partial charge in [-0.1, -0.05) is 6.07 Å². The minimum Gasteiger partial charge on any atom is -0.493 e. The summed E-state index contributed by atoms with van der Waals surface area (Å²) in [5, 5.41) is 6.49. The molecule has 0 radical (unpaired) electrons. The predicted molar refractivity (Wildman–Crippen MR) is 110 cm³/mol. The van der Waals surface area contributed by atoms with Crippen LogP contribution in [-0.4, -0.2) is 37.4 Å². The van der Waals surface area contributed by atoms with Crippen molar-refractivity contribution in [1.82, 2.24) is 9.97 Å². The summed E-state index contributed by atoms with van der Waals surface area (Å²) in [7, 11) is 3.23. The van der Waals surface area contributed by atoms with Crippen molar-refractivity contribution < 1.29 is 18.9 Å². The van der Waals surface area contributed by atoms with Crippen LogP contribution in [-0.2, 0) is 6.54 Å². The van der Waals surface area contributed by atoms with Crippen molar-refractivity contribution in [2.45, 2.75) is 6.54 Å². The molecular weight excluding hydrogens is 372 g/mol. The van der Waals surface area contributed by atoms with E-state index in [-0.39, 0.29) is 0 Å². The Morgan fingerprint density at radius 3 is 2.59 bits per heavy atom. The lowest BCUT2D eigenvalue weighted by atomic mass is 10.2. The van der Waals surface area contributed by atoms with Gasteiger partial charge < -0.3 is 29.6 Å². The zero-order valence-electron chi connectivity index (χ0n) is 16.3. The first-order chi connectivity index (χ1) is 14.2. The van der Waals surface area contributed by atoms with Crippen LogP contribution in [0.15, 0.2) is 48.7 Å². The second kappa shape index (κ2) is 8.55. The molecule has 2 heterocycles. The zero-order valence-corrected chi connectivity index (χ0v) is 16.3. The average molecular weight is 394 g/mol. The van der Waals surface area contributed by atoms with Gasteiger partial charge >= 0.3 is 0 Å². The standard InChI is InChI=1S/C21H22N4O4/c1-26-16-5-3-14(11-18(16)27-2)13-23-21-22-8-7-20(25-21)24-15-4-6-17-19(12-15)29-10-9-28-17/h3-8,11-12H,9-10,13H2,1-2H3,(H2,22,23,24,25). The van der Waals surface area contributed by atoms with Crippen LogP contribution in [0.4, 0.5) is 17.5 Å². The van der Waals surface area contributed by atoms with Gasteiger partial charge in [0.15, 0.2) is 23.0 Å². The Hall–Kier alpha value is -3.68. The van der Waals surface area contributed by atoms with Gasteiger partial charge in [0, 0.05) is 24.5 Å². The maximum atomic E-state index is 5.62. The third kappa shape index (κ3) is 4.43. The van der Waals surface area contributed by atoms with E-state index in [1.165, 1.54) is 0 Å². The highest BCUT2D eigenvalue weighted by atomic mass is 16.6. The van der Waals surface area contributed by atoms with Gasteiger partial charge in [-0.05, 0) is 35.9 Å². The van der Waals surface area contributed by atoms with Crippen LogP contribution in [0.25, 0.3) is 0 Å². The van der Waals surface area contributed by atoms with E-state index in [0.29, 0.717) is 43.0 Å². The largest absolute Gasteiger partial charge is 0.493 e. The third-order valence-electron chi connectivity index (χ3n) is 4.37. The fraction of sp³-hybridized carbons (Fsp3) is 0.238. The molecule has 2 N–H and O–H groups in total. The van der Waals surface area contributed by atoms with Crippen molar-refractivity contribution in [2.75, 3.05) is 38.1 Å². The summed E-state index contributed by atoms with van der Waals surface area (Å²) in [5.74, 6) is 4.04. The summed E-state index contributed by atoms with van der Waals surface area (Å²) < 4.78 is 21.8. The van der Waals surface area contributed by atoms with Crippen LogP contribution < -0.4 is 29.6 Å². The number of nitrogens with one attached hydrogen (secondary N) is 2. The van der Waals surface area contributed by atoms with Crippen molar-refractivity contribution in [3.8, 4) is 23.0 Å². The Kier molecular flexibility index (Phi) is 5.51. The van der Waals surface area contributed by atoms with Crippen molar-refractivity contribution in [3.63, 3.8) is 0 Å². The zero-order chi connectivity index (χ0) is 20.1. The van der Waals surface area contributed by atoms with E-state index in [9.17, 15) is 0 Å². The quantitative estimate of drug-likeness (QED) is 0.628. The molecule has 1 aliphatic heterocycles. The monoisotopic (exact) mass is 394 g/mol. The topological polar surface area (TPSA) is 86.8 Å². The van der Waals surface area contributed by atoms with E-state index in [0.717, 1.165) is 22.7 Å². The number of hydrogen-bond acceptors (Lipinski definition) is 8. The number of nitrogens with zero attached hydrogens (tertiary/aromatic N) is 2. The minimum atomic E-state index is 0.516. The number of benzene rings is 2. The fourth-order valence-electron chi connectivity index (χ4n) is 2.95. The summed E-state index contributed by atoms with van der Waals surface area (Å²) in [4.78, 5) is 8.79. The molecule has 0 saturated heterocycles. The lowest BCUT2D eigenvalue weighted by molar-refractivity contribution is 0.171. The molecule has 29 heavy (non-hydrogen) atoms. The van der Waals surface area contributed by atoms with Gasteiger partial charge in [0.1, 0.15) is 19.0 Å².